The molecule has 2 heterocycles. The van der Waals surface area contributed by atoms with E-state index in [-0.39, 0.29) is 51.3 Å². The highest BCUT2D eigenvalue weighted by Crippen LogP contribution is 2.17. The first-order valence-corrected chi connectivity index (χ1v) is 12.6. The van der Waals surface area contributed by atoms with Crippen molar-refractivity contribution < 1.29 is 38.6 Å². The van der Waals surface area contributed by atoms with Crippen LogP contribution in [0.4, 0.5) is 4.79 Å². The molecule has 1 aliphatic heterocycles. The molecular formula is C26H33N5O8. The van der Waals surface area contributed by atoms with Crippen LogP contribution in [0.5, 0.6) is 0 Å². The molecule has 13 nitrogen and oxygen atoms in total. The van der Waals surface area contributed by atoms with Gasteiger partial charge in [-0.15, -0.1) is 5.06 Å². The summed E-state index contributed by atoms with van der Waals surface area (Å²) in [4.78, 5) is 65.0. The maximum absolute atomic E-state index is 13.3. The number of aliphatic carboxylic acids is 1. The number of carbonyl (C=O) groups excluding carboxylic acids is 3. The average Bonchev–Trinajstić information content (AvgIpc) is 2.94. The topological polar surface area (TPSA) is 160 Å². The van der Waals surface area contributed by atoms with E-state index in [0.717, 1.165) is 0 Å². The number of methoxy groups -OCH3 is 1. The zero-order chi connectivity index (χ0) is 28.2. The number of carboxylic acid groups (broad SMARTS) is 1. The van der Waals surface area contributed by atoms with Crippen molar-refractivity contribution in [3.05, 3.63) is 47.8 Å². The van der Waals surface area contributed by atoms with Crippen molar-refractivity contribution in [3.8, 4) is 11.4 Å². The molecule has 1 aromatic heterocycles. The van der Waals surface area contributed by atoms with Gasteiger partial charge in [-0.05, 0) is 19.4 Å². The van der Waals surface area contributed by atoms with Crippen molar-refractivity contribution in [1.82, 2.24) is 25.2 Å². The predicted octanol–water partition coefficient (Wildman–Crippen LogP) is 1.53. The summed E-state index contributed by atoms with van der Waals surface area (Å²) in [6.45, 7) is 3.12. The zero-order valence-corrected chi connectivity index (χ0v) is 22.0. The maximum atomic E-state index is 13.3. The molecule has 0 radical (unpaired) electrons. The van der Waals surface area contributed by atoms with Gasteiger partial charge in [0.1, 0.15) is 11.7 Å². The highest BCUT2D eigenvalue weighted by atomic mass is 16.8. The molecule has 0 bridgehead atoms. The Bertz CT molecular complexity index is 1140. The van der Waals surface area contributed by atoms with Gasteiger partial charge in [-0.1, -0.05) is 30.3 Å². The van der Waals surface area contributed by atoms with E-state index in [2.05, 4.69) is 15.3 Å². The summed E-state index contributed by atoms with van der Waals surface area (Å²) in [6, 6.07) is 9.60. The molecule has 39 heavy (non-hydrogen) atoms. The molecule has 2 amide bonds. The van der Waals surface area contributed by atoms with Crippen molar-refractivity contribution in [1.29, 1.82) is 0 Å². The molecule has 0 unspecified atom stereocenters. The summed E-state index contributed by atoms with van der Waals surface area (Å²) in [5.41, 5.74) is 1.35. The lowest BCUT2D eigenvalue weighted by molar-refractivity contribution is -0.157. The van der Waals surface area contributed by atoms with Crippen LogP contribution in [0.1, 0.15) is 35.9 Å². The lowest BCUT2D eigenvalue weighted by Crippen LogP contribution is -2.55. The Morgan fingerprint density at radius 2 is 1.79 bits per heavy atom. The number of nitrogens with zero attached hydrogens (tertiary/aromatic N) is 4. The Hall–Kier alpha value is -4.10. The van der Waals surface area contributed by atoms with E-state index >= 15 is 0 Å². The number of aromatic nitrogens is 2. The van der Waals surface area contributed by atoms with E-state index in [1.54, 1.807) is 14.0 Å². The Balaban J connectivity index is 1.75. The molecule has 0 spiro atoms. The summed E-state index contributed by atoms with van der Waals surface area (Å²) in [7, 11) is 1.56. The molecule has 3 rings (SSSR count). The predicted molar refractivity (Wildman–Crippen MR) is 137 cm³/mol. The van der Waals surface area contributed by atoms with Gasteiger partial charge < -0.3 is 29.6 Å². The number of amides is 2. The maximum Gasteiger partial charge on any atom is 0.527 e. The second-order valence-corrected chi connectivity index (χ2v) is 8.66. The third kappa shape index (κ3) is 9.00. The minimum Gasteiger partial charge on any atom is -0.481 e. The molecule has 1 aliphatic rings. The summed E-state index contributed by atoms with van der Waals surface area (Å²) >= 11 is 0. The van der Waals surface area contributed by atoms with Gasteiger partial charge in [-0.3, -0.25) is 14.4 Å². The molecule has 1 fully saturated rings. The number of ether oxygens (including phenoxy) is 2. The van der Waals surface area contributed by atoms with Gasteiger partial charge >= 0.3 is 12.1 Å². The van der Waals surface area contributed by atoms with E-state index in [1.807, 2.05) is 30.3 Å². The highest BCUT2D eigenvalue weighted by Gasteiger charge is 2.31. The van der Waals surface area contributed by atoms with E-state index in [1.165, 1.54) is 16.0 Å². The minimum absolute atomic E-state index is 0.0516. The van der Waals surface area contributed by atoms with Gasteiger partial charge in [0, 0.05) is 44.3 Å². The summed E-state index contributed by atoms with van der Waals surface area (Å²) in [6.07, 6.45) is -0.806. The van der Waals surface area contributed by atoms with E-state index in [9.17, 15) is 24.3 Å². The second kappa shape index (κ2) is 14.7. The first-order valence-electron chi connectivity index (χ1n) is 12.6. The van der Waals surface area contributed by atoms with Crippen LogP contribution in [0.15, 0.2) is 36.4 Å². The molecule has 210 valence electrons. The molecule has 0 saturated carbocycles. The molecular weight excluding hydrogens is 510 g/mol. The number of hydrogen-bond donors (Lipinski definition) is 2. The molecule has 2 N–H and O–H groups in total. The van der Waals surface area contributed by atoms with Crippen molar-refractivity contribution in [2.75, 3.05) is 46.5 Å². The lowest BCUT2D eigenvalue weighted by atomic mass is 10.1. The van der Waals surface area contributed by atoms with E-state index in [4.69, 9.17) is 14.3 Å². The fourth-order valence-corrected chi connectivity index (χ4v) is 3.89. The van der Waals surface area contributed by atoms with E-state index in [0.29, 0.717) is 30.1 Å². The van der Waals surface area contributed by atoms with Crippen LogP contribution in [-0.2, 0) is 30.3 Å². The van der Waals surface area contributed by atoms with Gasteiger partial charge in [-0.2, -0.15) is 0 Å². The third-order valence-electron chi connectivity index (χ3n) is 5.87. The number of piperazine rings is 1. The third-order valence-corrected chi connectivity index (χ3v) is 5.87. The number of carbonyl (C=O) groups is 4. The van der Waals surface area contributed by atoms with Crippen LogP contribution in [-0.4, -0.2) is 102 Å². The first kappa shape index (κ1) is 29.5. The molecule has 0 aliphatic carbocycles. The Morgan fingerprint density at radius 1 is 1.08 bits per heavy atom. The fourth-order valence-electron chi connectivity index (χ4n) is 3.89. The van der Waals surface area contributed by atoms with Crippen LogP contribution < -0.4 is 5.32 Å². The van der Waals surface area contributed by atoms with Crippen molar-refractivity contribution >= 4 is 23.9 Å². The number of nitrogens with one attached hydrogen (secondary N) is 1. The SMILES string of the molecule is CCOC(=O)ON1CCN(C(=O)[C@H](CCC(=O)O)NC(=O)c2cc(CCOC)nc(-c3ccccc3)n2)CC1. The number of hydrogen-bond acceptors (Lipinski definition) is 10. The Morgan fingerprint density at radius 3 is 2.44 bits per heavy atom. The van der Waals surface area contributed by atoms with Crippen molar-refractivity contribution in [2.24, 2.45) is 0 Å². The first-order chi connectivity index (χ1) is 18.8. The summed E-state index contributed by atoms with van der Waals surface area (Å²) in [5.74, 6) is -1.80. The van der Waals surface area contributed by atoms with Crippen molar-refractivity contribution in [2.45, 2.75) is 32.2 Å². The monoisotopic (exact) mass is 543 g/mol. The molecule has 13 heteroatoms. The Kier molecular flexibility index (Phi) is 11.1. The number of rotatable bonds is 12. The molecule has 2 aromatic rings. The smallest absolute Gasteiger partial charge is 0.481 e. The quantitative estimate of drug-likeness (QED) is 0.374. The second-order valence-electron chi connectivity index (χ2n) is 8.66. The molecule has 1 atom stereocenters. The van der Waals surface area contributed by atoms with Crippen LogP contribution in [0.2, 0.25) is 0 Å². The summed E-state index contributed by atoms with van der Waals surface area (Å²) in [5, 5.41) is 13.3. The molecule has 1 aromatic carbocycles. The average molecular weight is 544 g/mol. The van der Waals surface area contributed by atoms with Crippen LogP contribution in [0, 0.1) is 0 Å². The van der Waals surface area contributed by atoms with Gasteiger partial charge in [0.15, 0.2) is 5.82 Å². The normalized spacial score (nSPS) is 14.4. The van der Waals surface area contributed by atoms with Gasteiger partial charge in [0.25, 0.3) is 5.91 Å². The highest BCUT2D eigenvalue weighted by molar-refractivity contribution is 5.96. The zero-order valence-electron chi connectivity index (χ0n) is 22.0. The van der Waals surface area contributed by atoms with Crippen molar-refractivity contribution in [3.63, 3.8) is 0 Å². The van der Waals surface area contributed by atoms with Gasteiger partial charge in [-0.25, -0.2) is 14.8 Å². The number of hydroxylamine groups is 2. The number of carboxylic acids is 1. The van der Waals surface area contributed by atoms with Crippen LogP contribution in [0.3, 0.4) is 0 Å². The largest absolute Gasteiger partial charge is 0.527 e. The number of benzene rings is 1. The lowest BCUT2D eigenvalue weighted by Gasteiger charge is -2.35. The van der Waals surface area contributed by atoms with Gasteiger partial charge in [0.05, 0.1) is 26.3 Å². The van der Waals surface area contributed by atoms with Crippen LogP contribution >= 0.6 is 0 Å². The van der Waals surface area contributed by atoms with E-state index < -0.39 is 30.0 Å². The van der Waals surface area contributed by atoms with Gasteiger partial charge in [0.2, 0.25) is 5.91 Å². The standard InChI is InChI=1S/C26H33N5O8/c1-3-38-26(36)39-31-14-12-30(13-15-31)25(35)20(9-10-22(32)33)29-24(34)21-17-19(11-16-37-2)27-23(28-21)18-7-5-4-6-8-18/h4-8,17,20H,3,9-16H2,1-2H3,(H,29,34)(H,32,33)/t20-/m0/s1. The summed E-state index contributed by atoms with van der Waals surface area (Å²) < 4.78 is 9.91. The Labute approximate surface area is 226 Å². The van der Waals surface area contributed by atoms with Crippen LogP contribution in [0.25, 0.3) is 11.4 Å². The minimum atomic E-state index is -1.09. The fraction of sp³-hybridized carbons (Fsp3) is 0.462. The molecule has 1 saturated heterocycles.